The highest BCUT2D eigenvalue weighted by Gasteiger charge is 2.35. The van der Waals surface area contributed by atoms with Crippen molar-refractivity contribution in [2.24, 2.45) is 0 Å². The number of pyridine rings is 1. The quantitative estimate of drug-likeness (QED) is 0.425. The van der Waals surface area contributed by atoms with Gasteiger partial charge in [-0.05, 0) is 42.8 Å². The molecule has 2 aromatic heterocycles. The third-order valence-electron chi connectivity index (χ3n) is 5.29. The van der Waals surface area contributed by atoms with Crippen molar-refractivity contribution >= 4 is 16.9 Å². The first-order chi connectivity index (χ1) is 15.1. The van der Waals surface area contributed by atoms with E-state index >= 15 is 0 Å². The number of carboxylic acid groups (broad SMARTS) is 1. The van der Waals surface area contributed by atoms with Crippen molar-refractivity contribution in [1.82, 2.24) is 9.55 Å². The van der Waals surface area contributed by atoms with E-state index in [0.717, 1.165) is 10.6 Å². The molecule has 0 aliphatic rings. The van der Waals surface area contributed by atoms with Crippen LogP contribution in [-0.4, -0.2) is 20.6 Å². The van der Waals surface area contributed by atoms with E-state index in [0.29, 0.717) is 0 Å². The van der Waals surface area contributed by atoms with Gasteiger partial charge in [0, 0.05) is 28.3 Å². The molecule has 9 heteroatoms. The molecule has 32 heavy (non-hydrogen) atoms. The number of hydrogen-bond donors (Lipinski definition) is 2. The molecule has 0 fully saturated rings. The zero-order chi connectivity index (χ0) is 23.2. The van der Waals surface area contributed by atoms with Crippen LogP contribution < -0.4 is 5.56 Å². The van der Waals surface area contributed by atoms with Crippen LogP contribution in [0.25, 0.3) is 22.0 Å². The summed E-state index contributed by atoms with van der Waals surface area (Å²) in [5.41, 5.74) is -2.09. The highest BCUT2D eigenvalue weighted by molar-refractivity contribution is 6.08. The third-order valence-corrected chi connectivity index (χ3v) is 5.29. The van der Waals surface area contributed by atoms with E-state index < -0.39 is 34.8 Å². The SMILES string of the molecule is Cc1cc2c(-c3ccc[nH]c3=O)c(C(=O)O)n(Cc3ccccc3F)c2cc1C(F)(F)F. The number of alkyl halides is 3. The fraction of sp³-hybridized carbons (Fsp3) is 0.130. The van der Waals surface area contributed by atoms with E-state index in [1.807, 2.05) is 0 Å². The first-order valence-corrected chi connectivity index (χ1v) is 9.48. The minimum absolute atomic E-state index is 0.0126. The zero-order valence-corrected chi connectivity index (χ0v) is 16.6. The van der Waals surface area contributed by atoms with Crippen LogP contribution in [0.3, 0.4) is 0 Å². The predicted octanol–water partition coefficient (Wildman–Crippen LogP) is 5.21. The molecule has 0 amide bonds. The summed E-state index contributed by atoms with van der Waals surface area (Å²) in [5, 5.41) is 10.2. The number of aromatic carboxylic acids is 1. The molecule has 0 radical (unpaired) electrons. The van der Waals surface area contributed by atoms with Gasteiger partial charge in [0.2, 0.25) is 0 Å². The van der Waals surface area contributed by atoms with Crippen molar-refractivity contribution in [3.63, 3.8) is 0 Å². The molecule has 0 bridgehead atoms. The minimum Gasteiger partial charge on any atom is -0.477 e. The molecule has 0 spiro atoms. The van der Waals surface area contributed by atoms with Crippen molar-refractivity contribution in [2.75, 3.05) is 0 Å². The Kier molecular flexibility index (Phi) is 5.12. The molecule has 2 N–H and O–H groups in total. The fourth-order valence-corrected chi connectivity index (χ4v) is 3.88. The standard InChI is InChI=1S/C23H16F4N2O3/c1-12-9-15-18(10-16(12)23(25,26)27)29(11-13-5-2-3-7-17(13)24)20(22(31)32)19(15)14-6-4-8-28-21(14)30/h2-10H,11H2,1H3,(H,28,30)(H,31,32). The van der Waals surface area contributed by atoms with Crippen LogP contribution in [0.1, 0.15) is 27.2 Å². The van der Waals surface area contributed by atoms with Crippen molar-refractivity contribution in [2.45, 2.75) is 19.6 Å². The number of aryl methyl sites for hydroxylation is 1. The number of rotatable bonds is 4. The maximum atomic E-state index is 14.3. The number of aromatic nitrogens is 2. The molecular weight excluding hydrogens is 428 g/mol. The zero-order valence-electron chi connectivity index (χ0n) is 16.6. The minimum atomic E-state index is -4.68. The Labute approximate surface area is 178 Å². The van der Waals surface area contributed by atoms with Gasteiger partial charge < -0.3 is 14.7 Å². The molecule has 2 aromatic carbocycles. The first-order valence-electron chi connectivity index (χ1n) is 9.48. The molecular formula is C23H16F4N2O3. The van der Waals surface area contributed by atoms with Gasteiger partial charge in [-0.3, -0.25) is 4.79 Å². The summed E-state index contributed by atoms with van der Waals surface area (Å²) in [5.74, 6) is -2.09. The van der Waals surface area contributed by atoms with Crippen molar-refractivity contribution in [3.8, 4) is 11.1 Å². The van der Waals surface area contributed by atoms with Crippen molar-refractivity contribution < 1.29 is 27.5 Å². The number of hydrogen-bond acceptors (Lipinski definition) is 2. The van der Waals surface area contributed by atoms with E-state index in [2.05, 4.69) is 4.98 Å². The molecule has 0 saturated heterocycles. The monoisotopic (exact) mass is 444 g/mol. The maximum absolute atomic E-state index is 14.3. The van der Waals surface area contributed by atoms with Gasteiger partial charge in [0.1, 0.15) is 11.5 Å². The van der Waals surface area contributed by atoms with E-state index in [9.17, 15) is 32.3 Å². The average Bonchev–Trinajstić information content (AvgIpc) is 3.02. The van der Waals surface area contributed by atoms with Crippen LogP contribution in [0.5, 0.6) is 0 Å². The summed E-state index contributed by atoms with van der Waals surface area (Å²) >= 11 is 0. The second-order valence-corrected chi connectivity index (χ2v) is 7.30. The number of carboxylic acids is 1. The van der Waals surface area contributed by atoms with Gasteiger partial charge in [0.05, 0.1) is 17.6 Å². The lowest BCUT2D eigenvalue weighted by Gasteiger charge is -2.13. The summed E-state index contributed by atoms with van der Waals surface area (Å²) in [6, 6.07) is 10.5. The third kappa shape index (κ3) is 3.55. The lowest BCUT2D eigenvalue weighted by Crippen LogP contribution is -2.14. The number of halogens is 4. The normalized spacial score (nSPS) is 11.8. The maximum Gasteiger partial charge on any atom is 0.416 e. The molecule has 0 atom stereocenters. The Bertz CT molecular complexity index is 1420. The van der Waals surface area contributed by atoms with E-state index in [1.54, 1.807) is 6.07 Å². The topological polar surface area (TPSA) is 75.1 Å². The Hall–Kier alpha value is -3.88. The van der Waals surface area contributed by atoms with Gasteiger partial charge in [-0.25, -0.2) is 9.18 Å². The smallest absolute Gasteiger partial charge is 0.416 e. The van der Waals surface area contributed by atoms with Gasteiger partial charge in [0.15, 0.2) is 0 Å². The molecule has 5 nitrogen and oxygen atoms in total. The van der Waals surface area contributed by atoms with E-state index in [4.69, 9.17) is 0 Å². The van der Waals surface area contributed by atoms with Crippen LogP contribution in [0.4, 0.5) is 17.6 Å². The van der Waals surface area contributed by atoms with Crippen molar-refractivity contribution in [3.05, 3.63) is 93.3 Å². The van der Waals surface area contributed by atoms with Crippen LogP contribution in [0.15, 0.2) is 59.5 Å². The largest absolute Gasteiger partial charge is 0.477 e. The number of nitrogens with zero attached hydrogens (tertiary/aromatic N) is 1. The number of fused-ring (bicyclic) bond motifs is 1. The molecule has 4 aromatic rings. The number of aromatic amines is 1. The van der Waals surface area contributed by atoms with E-state index in [-0.39, 0.29) is 39.7 Å². The highest BCUT2D eigenvalue weighted by atomic mass is 19.4. The average molecular weight is 444 g/mol. The Balaban J connectivity index is 2.16. The Morgan fingerprint density at radius 3 is 2.47 bits per heavy atom. The van der Waals surface area contributed by atoms with Crippen molar-refractivity contribution in [1.29, 1.82) is 0 Å². The predicted molar refractivity (Wildman–Crippen MR) is 110 cm³/mol. The summed E-state index contributed by atoms with van der Waals surface area (Å²) in [6.45, 7) is 0.922. The molecule has 0 aliphatic heterocycles. The van der Waals surface area contributed by atoms with Crippen LogP contribution >= 0.6 is 0 Å². The number of benzene rings is 2. The molecule has 4 rings (SSSR count). The van der Waals surface area contributed by atoms with Crippen LogP contribution in [0.2, 0.25) is 0 Å². The summed E-state index contributed by atoms with van der Waals surface area (Å²) in [7, 11) is 0. The molecule has 0 aliphatic carbocycles. The van der Waals surface area contributed by atoms with Gasteiger partial charge in [-0.2, -0.15) is 13.2 Å². The van der Waals surface area contributed by atoms with Gasteiger partial charge in [0.25, 0.3) is 5.56 Å². The summed E-state index contributed by atoms with van der Waals surface area (Å²) < 4.78 is 56.3. The highest BCUT2D eigenvalue weighted by Crippen LogP contribution is 2.40. The number of nitrogens with one attached hydrogen (secondary N) is 1. The molecule has 164 valence electrons. The second-order valence-electron chi connectivity index (χ2n) is 7.30. The first kappa shape index (κ1) is 21.4. The molecule has 2 heterocycles. The lowest BCUT2D eigenvalue weighted by molar-refractivity contribution is -0.137. The number of H-pyrrole nitrogens is 1. The van der Waals surface area contributed by atoms with Crippen LogP contribution in [0, 0.1) is 12.7 Å². The van der Waals surface area contributed by atoms with Gasteiger partial charge in [-0.15, -0.1) is 0 Å². The van der Waals surface area contributed by atoms with Gasteiger partial charge in [-0.1, -0.05) is 18.2 Å². The van der Waals surface area contributed by atoms with Crippen LogP contribution in [-0.2, 0) is 12.7 Å². The summed E-state index contributed by atoms with van der Waals surface area (Å²) in [6.07, 6.45) is -3.32. The Morgan fingerprint density at radius 2 is 1.84 bits per heavy atom. The fourth-order valence-electron chi connectivity index (χ4n) is 3.88. The lowest BCUT2D eigenvalue weighted by atomic mass is 9.99. The Morgan fingerprint density at radius 1 is 1.12 bits per heavy atom. The van der Waals surface area contributed by atoms with E-state index in [1.165, 1.54) is 49.5 Å². The second kappa shape index (κ2) is 7.67. The molecule has 0 saturated carbocycles. The number of carbonyl (C=O) groups is 1. The summed E-state index contributed by atoms with van der Waals surface area (Å²) in [4.78, 5) is 27.2. The van der Waals surface area contributed by atoms with Gasteiger partial charge >= 0.3 is 12.1 Å². The molecule has 0 unspecified atom stereocenters.